The summed E-state index contributed by atoms with van der Waals surface area (Å²) in [4.78, 5) is 13.2. The number of aryl methyl sites for hydroxylation is 1. The maximum absolute atomic E-state index is 13.2. The number of thiophene rings is 1. The van der Waals surface area contributed by atoms with Crippen molar-refractivity contribution in [3.63, 3.8) is 0 Å². The molecule has 2 aromatic heterocycles. The number of nitrogens with one attached hydrogen (secondary N) is 1. The van der Waals surface area contributed by atoms with E-state index in [4.69, 9.17) is 4.52 Å². The first-order valence-corrected chi connectivity index (χ1v) is 9.87. The van der Waals surface area contributed by atoms with Crippen molar-refractivity contribution in [2.45, 2.75) is 31.6 Å². The van der Waals surface area contributed by atoms with Crippen molar-refractivity contribution in [2.75, 3.05) is 5.32 Å². The lowest BCUT2D eigenvalue weighted by Crippen LogP contribution is -2.29. The van der Waals surface area contributed by atoms with E-state index in [0.29, 0.717) is 18.7 Å². The van der Waals surface area contributed by atoms with E-state index in [1.165, 1.54) is 0 Å². The highest BCUT2D eigenvalue weighted by Gasteiger charge is 2.41. The van der Waals surface area contributed by atoms with Gasteiger partial charge in [0.05, 0.1) is 11.3 Å². The number of Topliss-reactive ketones (excluding diaryl/α,β-unsaturated/α-hetero) is 1. The molecule has 0 radical (unpaired) electrons. The Morgan fingerprint density at radius 3 is 2.89 bits per heavy atom. The summed E-state index contributed by atoms with van der Waals surface area (Å²) in [5.74, 6) is 0.763. The van der Waals surface area contributed by atoms with Gasteiger partial charge in [-0.15, -0.1) is 0 Å². The van der Waals surface area contributed by atoms with Crippen LogP contribution >= 0.6 is 11.3 Å². The van der Waals surface area contributed by atoms with Gasteiger partial charge in [0.25, 0.3) is 0 Å². The van der Waals surface area contributed by atoms with Crippen LogP contribution in [0.15, 0.2) is 56.9 Å². The Balaban J connectivity index is 1.63. The van der Waals surface area contributed by atoms with Crippen LogP contribution in [0.2, 0.25) is 0 Å². The number of rotatable bonds is 2. The average molecular weight is 378 g/mol. The molecule has 136 valence electrons. The van der Waals surface area contributed by atoms with Crippen LogP contribution in [-0.2, 0) is 4.79 Å². The summed E-state index contributed by atoms with van der Waals surface area (Å²) in [6.45, 7) is 1.91. The topological polar surface area (TPSA) is 75.4 Å². The molecule has 2 aliphatic rings. The first-order valence-electron chi connectivity index (χ1n) is 8.93. The van der Waals surface area contributed by atoms with E-state index >= 15 is 0 Å². The lowest BCUT2D eigenvalue weighted by Gasteiger charge is -2.34. The van der Waals surface area contributed by atoms with Gasteiger partial charge in [0, 0.05) is 29.5 Å². The average Bonchev–Trinajstić information content (AvgIpc) is 3.31. The molecule has 2 atom stereocenters. The SMILES string of the molecule is Cc1noc2c1[C@H](c1ccsc1)C1=C(C[C@H](c3ccccc3O)CC1=O)N2. The third-order valence-electron chi connectivity index (χ3n) is 5.51. The Labute approximate surface area is 160 Å². The minimum absolute atomic E-state index is 0.0568. The largest absolute Gasteiger partial charge is 0.508 e. The number of carbonyl (C=O) groups excluding carboxylic acids is 1. The van der Waals surface area contributed by atoms with E-state index in [-0.39, 0.29) is 23.4 Å². The van der Waals surface area contributed by atoms with E-state index in [2.05, 4.69) is 21.9 Å². The van der Waals surface area contributed by atoms with Crippen LogP contribution in [0.25, 0.3) is 0 Å². The van der Waals surface area contributed by atoms with Crippen LogP contribution in [-0.4, -0.2) is 16.0 Å². The molecule has 5 rings (SSSR count). The first-order chi connectivity index (χ1) is 13.1. The molecule has 0 spiro atoms. The van der Waals surface area contributed by atoms with E-state index in [1.54, 1.807) is 23.5 Å². The highest BCUT2D eigenvalue weighted by atomic mass is 32.1. The number of phenols is 1. The van der Waals surface area contributed by atoms with Gasteiger partial charge in [-0.3, -0.25) is 4.79 Å². The fourth-order valence-corrected chi connectivity index (χ4v) is 4.98. The molecule has 1 aliphatic carbocycles. The zero-order valence-corrected chi connectivity index (χ0v) is 15.5. The fraction of sp³-hybridized carbons (Fsp3) is 0.238. The number of aromatic nitrogens is 1. The number of hydrogen-bond acceptors (Lipinski definition) is 6. The number of fused-ring (bicyclic) bond motifs is 1. The van der Waals surface area contributed by atoms with Gasteiger partial charge in [0.1, 0.15) is 5.75 Å². The summed E-state index contributed by atoms with van der Waals surface area (Å²) in [6.07, 6.45) is 1.04. The van der Waals surface area contributed by atoms with Gasteiger partial charge >= 0.3 is 0 Å². The molecule has 6 heteroatoms. The number of anilines is 1. The van der Waals surface area contributed by atoms with Gasteiger partial charge < -0.3 is 14.9 Å². The Hall–Kier alpha value is -2.86. The highest BCUT2D eigenvalue weighted by molar-refractivity contribution is 7.08. The quantitative estimate of drug-likeness (QED) is 0.675. The van der Waals surface area contributed by atoms with Crippen LogP contribution in [0, 0.1) is 6.92 Å². The summed E-state index contributed by atoms with van der Waals surface area (Å²) in [7, 11) is 0. The van der Waals surface area contributed by atoms with Crippen molar-refractivity contribution < 1.29 is 14.4 Å². The summed E-state index contributed by atoms with van der Waals surface area (Å²) >= 11 is 1.62. The summed E-state index contributed by atoms with van der Waals surface area (Å²) in [5, 5.41) is 21.8. The van der Waals surface area contributed by atoms with Crippen LogP contribution < -0.4 is 5.32 Å². The lowest BCUT2D eigenvalue weighted by molar-refractivity contribution is -0.116. The van der Waals surface area contributed by atoms with Crippen molar-refractivity contribution >= 4 is 23.0 Å². The first kappa shape index (κ1) is 16.3. The number of ketones is 1. The molecule has 5 nitrogen and oxygen atoms in total. The molecule has 0 saturated heterocycles. The number of phenolic OH excluding ortho intramolecular Hbond substituents is 1. The van der Waals surface area contributed by atoms with Crippen LogP contribution in [0.4, 0.5) is 5.88 Å². The second kappa shape index (κ2) is 6.09. The number of allylic oxidation sites excluding steroid dienone is 2. The second-order valence-electron chi connectivity index (χ2n) is 7.10. The van der Waals surface area contributed by atoms with Gasteiger partial charge in [0.2, 0.25) is 5.88 Å². The molecule has 0 saturated carbocycles. The predicted octanol–water partition coefficient (Wildman–Crippen LogP) is 4.71. The van der Waals surface area contributed by atoms with Crippen molar-refractivity contribution in [3.8, 4) is 5.75 Å². The van der Waals surface area contributed by atoms with Crippen molar-refractivity contribution in [2.24, 2.45) is 0 Å². The fourth-order valence-electron chi connectivity index (χ4n) is 4.30. The highest BCUT2D eigenvalue weighted by Crippen LogP contribution is 2.49. The number of para-hydroxylation sites is 1. The molecule has 0 amide bonds. The van der Waals surface area contributed by atoms with Crippen molar-refractivity contribution in [1.29, 1.82) is 0 Å². The summed E-state index contributed by atoms with van der Waals surface area (Å²) in [5.41, 5.74) is 5.33. The zero-order chi connectivity index (χ0) is 18.5. The predicted molar refractivity (Wildman–Crippen MR) is 103 cm³/mol. The van der Waals surface area contributed by atoms with Gasteiger partial charge in [-0.1, -0.05) is 23.4 Å². The van der Waals surface area contributed by atoms with Gasteiger partial charge in [0.15, 0.2) is 5.78 Å². The molecule has 0 bridgehead atoms. The molecular weight excluding hydrogens is 360 g/mol. The summed E-state index contributed by atoms with van der Waals surface area (Å²) in [6, 6.07) is 9.31. The lowest BCUT2D eigenvalue weighted by atomic mass is 9.73. The smallest absolute Gasteiger partial charge is 0.233 e. The van der Waals surface area contributed by atoms with E-state index in [9.17, 15) is 9.90 Å². The Bertz CT molecular complexity index is 1070. The number of benzene rings is 1. The zero-order valence-electron chi connectivity index (χ0n) is 14.7. The Kier molecular flexibility index (Phi) is 3.68. The molecule has 3 aromatic rings. The maximum atomic E-state index is 13.2. The van der Waals surface area contributed by atoms with Crippen LogP contribution in [0.3, 0.4) is 0 Å². The van der Waals surface area contributed by atoms with Gasteiger partial charge in [-0.2, -0.15) is 11.3 Å². The van der Waals surface area contributed by atoms with Crippen molar-refractivity contribution in [3.05, 3.63) is 74.7 Å². The molecular formula is C21H18N2O3S. The summed E-state index contributed by atoms with van der Waals surface area (Å²) < 4.78 is 5.51. The van der Waals surface area contributed by atoms with Crippen molar-refractivity contribution in [1.82, 2.24) is 5.16 Å². The monoisotopic (exact) mass is 378 g/mol. The van der Waals surface area contributed by atoms with Gasteiger partial charge in [-0.25, -0.2) is 0 Å². The number of aromatic hydroxyl groups is 1. The normalized spacial score (nSPS) is 21.6. The maximum Gasteiger partial charge on any atom is 0.233 e. The molecule has 3 heterocycles. The minimum atomic E-state index is -0.147. The Morgan fingerprint density at radius 1 is 1.26 bits per heavy atom. The Morgan fingerprint density at radius 2 is 2.11 bits per heavy atom. The molecule has 1 aliphatic heterocycles. The van der Waals surface area contributed by atoms with E-state index < -0.39 is 0 Å². The molecule has 2 N–H and O–H groups in total. The standard InChI is InChI=1S/C21H18N2O3S/c1-11-18-19(12-6-7-27-10-12)20-15(22-21(18)26-23-11)8-13(9-17(20)25)14-4-2-3-5-16(14)24/h2-7,10,13,19,22,24H,8-9H2,1H3/t13-,19-/m0/s1. The second-order valence-corrected chi connectivity index (χ2v) is 7.88. The van der Waals surface area contributed by atoms with Gasteiger partial charge in [-0.05, 0) is 47.4 Å². The van der Waals surface area contributed by atoms with Crippen LogP contribution in [0.1, 0.15) is 47.1 Å². The third kappa shape index (κ3) is 2.51. The molecule has 1 aromatic carbocycles. The van der Waals surface area contributed by atoms with E-state index in [1.807, 2.05) is 24.4 Å². The number of carbonyl (C=O) groups is 1. The minimum Gasteiger partial charge on any atom is -0.508 e. The third-order valence-corrected chi connectivity index (χ3v) is 6.21. The van der Waals surface area contributed by atoms with Crippen LogP contribution in [0.5, 0.6) is 5.75 Å². The number of nitrogens with zero attached hydrogens (tertiary/aromatic N) is 1. The molecule has 0 fully saturated rings. The van der Waals surface area contributed by atoms with E-state index in [0.717, 1.165) is 33.7 Å². The molecule has 0 unspecified atom stereocenters. The number of hydrogen-bond donors (Lipinski definition) is 2. The molecule has 27 heavy (non-hydrogen) atoms.